The van der Waals surface area contributed by atoms with Gasteiger partial charge >= 0.3 is 0 Å². The van der Waals surface area contributed by atoms with Crippen molar-refractivity contribution in [2.45, 2.75) is 22.9 Å². The number of thioether (sulfide) groups is 1. The Labute approximate surface area is 111 Å². The molecule has 0 bridgehead atoms. The molecule has 7 heteroatoms. The van der Waals surface area contributed by atoms with E-state index in [0.29, 0.717) is 17.3 Å². The van der Waals surface area contributed by atoms with Crippen LogP contribution in [0.25, 0.3) is 0 Å². The third-order valence-corrected chi connectivity index (χ3v) is 6.12. The monoisotopic (exact) mass is 294 g/mol. The first kappa shape index (κ1) is 15.0. The highest BCUT2D eigenvalue weighted by atomic mass is 32.2. The highest BCUT2D eigenvalue weighted by Gasteiger charge is 2.17. The number of nitrogens with one attached hydrogen (secondary N) is 2. The minimum atomic E-state index is -3.34. The maximum Gasteiger partial charge on any atom is 0.250 e. The Hall–Kier alpha value is -0.0800. The number of rotatable bonds is 7. The Morgan fingerprint density at radius 3 is 2.82 bits per heavy atom. The summed E-state index contributed by atoms with van der Waals surface area (Å²) >= 11 is 2.90. The van der Waals surface area contributed by atoms with Crippen molar-refractivity contribution in [2.24, 2.45) is 0 Å². The second-order valence-electron chi connectivity index (χ2n) is 3.70. The molecule has 1 heterocycles. The Morgan fingerprint density at radius 1 is 1.53 bits per heavy atom. The molecule has 0 saturated heterocycles. The molecule has 1 unspecified atom stereocenters. The highest BCUT2D eigenvalue weighted by molar-refractivity contribution is 7.99. The van der Waals surface area contributed by atoms with Crippen molar-refractivity contribution in [3.8, 4) is 0 Å². The zero-order valence-electron chi connectivity index (χ0n) is 10.2. The summed E-state index contributed by atoms with van der Waals surface area (Å²) < 4.78 is 26.9. The molecule has 0 aliphatic heterocycles. The lowest BCUT2D eigenvalue weighted by Crippen LogP contribution is -2.28. The molecule has 0 aromatic carbocycles. The number of sulfonamides is 1. The molecule has 1 atom stereocenters. The van der Waals surface area contributed by atoms with Gasteiger partial charge in [0.05, 0.1) is 0 Å². The molecule has 0 aliphatic carbocycles. The molecule has 1 aromatic heterocycles. The van der Waals surface area contributed by atoms with Crippen LogP contribution in [0.15, 0.2) is 15.7 Å². The third-order valence-electron chi connectivity index (χ3n) is 2.24. The molecule has 0 saturated carbocycles. The van der Waals surface area contributed by atoms with Gasteiger partial charge in [-0.05, 0) is 30.3 Å². The van der Waals surface area contributed by atoms with E-state index in [2.05, 4.69) is 10.0 Å². The molecular formula is C10H18N2O2S3. The van der Waals surface area contributed by atoms with Crippen LogP contribution in [-0.2, 0) is 16.6 Å². The standard InChI is InChI=1S/C10H18N2O2S3/c1-8(15-3)5-12-17(13,14)10-4-9(6-11-2)7-16-10/h4,7-8,11-12H,5-6H2,1-3H3. The maximum atomic E-state index is 11.9. The second-order valence-corrected chi connectivity index (χ2v) is 7.88. The maximum absolute atomic E-state index is 11.9. The van der Waals surface area contributed by atoms with E-state index in [1.54, 1.807) is 17.8 Å². The van der Waals surface area contributed by atoms with E-state index in [-0.39, 0.29) is 5.25 Å². The molecule has 98 valence electrons. The first-order chi connectivity index (χ1) is 7.99. The zero-order valence-corrected chi connectivity index (χ0v) is 12.6. The van der Waals surface area contributed by atoms with Crippen LogP contribution >= 0.6 is 23.1 Å². The summed E-state index contributed by atoms with van der Waals surface area (Å²) in [5, 5.41) is 5.14. The van der Waals surface area contributed by atoms with Gasteiger partial charge in [0.25, 0.3) is 0 Å². The molecular weight excluding hydrogens is 276 g/mol. The van der Waals surface area contributed by atoms with E-state index in [4.69, 9.17) is 0 Å². The van der Waals surface area contributed by atoms with Crippen molar-refractivity contribution in [1.29, 1.82) is 0 Å². The van der Waals surface area contributed by atoms with Gasteiger partial charge in [-0.2, -0.15) is 11.8 Å². The van der Waals surface area contributed by atoms with E-state index >= 15 is 0 Å². The minimum absolute atomic E-state index is 0.279. The quantitative estimate of drug-likeness (QED) is 0.800. The van der Waals surface area contributed by atoms with E-state index in [9.17, 15) is 8.42 Å². The molecule has 1 rings (SSSR count). The fraction of sp³-hybridized carbons (Fsp3) is 0.600. The first-order valence-electron chi connectivity index (χ1n) is 5.24. The molecule has 0 spiro atoms. The van der Waals surface area contributed by atoms with Gasteiger partial charge in [0.15, 0.2) is 0 Å². The average Bonchev–Trinajstić information content (AvgIpc) is 2.76. The van der Waals surface area contributed by atoms with Crippen LogP contribution in [0.1, 0.15) is 12.5 Å². The van der Waals surface area contributed by atoms with E-state index in [1.807, 2.05) is 25.6 Å². The summed E-state index contributed by atoms with van der Waals surface area (Å²) in [6, 6.07) is 1.72. The van der Waals surface area contributed by atoms with Gasteiger partial charge in [0.1, 0.15) is 4.21 Å². The topological polar surface area (TPSA) is 58.2 Å². The van der Waals surface area contributed by atoms with Crippen molar-refractivity contribution in [3.05, 3.63) is 17.0 Å². The van der Waals surface area contributed by atoms with Crippen molar-refractivity contribution in [1.82, 2.24) is 10.0 Å². The van der Waals surface area contributed by atoms with Gasteiger partial charge < -0.3 is 5.32 Å². The second kappa shape index (κ2) is 6.75. The minimum Gasteiger partial charge on any atom is -0.316 e. The van der Waals surface area contributed by atoms with Gasteiger partial charge in [-0.25, -0.2) is 13.1 Å². The van der Waals surface area contributed by atoms with E-state index in [0.717, 1.165) is 5.56 Å². The summed E-state index contributed by atoms with van der Waals surface area (Å²) in [5.74, 6) is 0. The van der Waals surface area contributed by atoms with Crippen LogP contribution in [0, 0.1) is 0 Å². The van der Waals surface area contributed by atoms with E-state index in [1.165, 1.54) is 11.3 Å². The summed E-state index contributed by atoms with van der Waals surface area (Å²) in [6.45, 7) is 3.14. The SMILES string of the molecule is CNCc1csc(S(=O)(=O)NCC(C)SC)c1. The van der Waals surface area contributed by atoms with Crippen molar-refractivity contribution >= 4 is 33.1 Å². The number of hydrogen-bond donors (Lipinski definition) is 2. The lowest BCUT2D eigenvalue weighted by molar-refractivity contribution is 0.583. The predicted molar refractivity (Wildman–Crippen MR) is 75.2 cm³/mol. The summed E-state index contributed by atoms with van der Waals surface area (Å²) in [4.78, 5) is 0. The largest absolute Gasteiger partial charge is 0.316 e. The lowest BCUT2D eigenvalue weighted by Gasteiger charge is -2.09. The van der Waals surface area contributed by atoms with Gasteiger partial charge in [0.2, 0.25) is 10.0 Å². The van der Waals surface area contributed by atoms with Gasteiger partial charge in [-0.15, -0.1) is 11.3 Å². The molecule has 0 amide bonds. The molecule has 4 nitrogen and oxygen atoms in total. The molecule has 0 aliphatic rings. The smallest absolute Gasteiger partial charge is 0.250 e. The first-order valence-corrected chi connectivity index (χ1v) is 8.89. The Bertz CT molecular complexity index is 442. The summed E-state index contributed by atoms with van der Waals surface area (Å²) in [6.07, 6.45) is 1.97. The normalized spacial score (nSPS) is 13.8. The number of hydrogen-bond acceptors (Lipinski definition) is 5. The van der Waals surface area contributed by atoms with Crippen LogP contribution in [0.4, 0.5) is 0 Å². The van der Waals surface area contributed by atoms with Crippen LogP contribution < -0.4 is 10.0 Å². The predicted octanol–water partition coefficient (Wildman–Crippen LogP) is 1.50. The zero-order chi connectivity index (χ0) is 12.9. The van der Waals surface area contributed by atoms with Crippen molar-refractivity contribution in [2.75, 3.05) is 19.8 Å². The molecule has 0 radical (unpaired) electrons. The van der Waals surface area contributed by atoms with Gasteiger partial charge in [-0.3, -0.25) is 0 Å². The summed E-state index contributed by atoms with van der Waals surface area (Å²) in [5.41, 5.74) is 0.996. The average molecular weight is 294 g/mol. The Balaban J connectivity index is 2.68. The fourth-order valence-corrected chi connectivity index (χ4v) is 3.91. The van der Waals surface area contributed by atoms with Gasteiger partial charge in [0, 0.05) is 18.3 Å². The van der Waals surface area contributed by atoms with Gasteiger partial charge in [-0.1, -0.05) is 6.92 Å². The van der Waals surface area contributed by atoms with Crippen molar-refractivity contribution < 1.29 is 8.42 Å². The molecule has 17 heavy (non-hydrogen) atoms. The van der Waals surface area contributed by atoms with Crippen molar-refractivity contribution in [3.63, 3.8) is 0 Å². The van der Waals surface area contributed by atoms with Crippen LogP contribution in [0.5, 0.6) is 0 Å². The lowest BCUT2D eigenvalue weighted by atomic mass is 10.3. The third kappa shape index (κ3) is 4.59. The Kier molecular flexibility index (Phi) is 5.94. The van der Waals surface area contributed by atoms with Crippen LogP contribution in [0.2, 0.25) is 0 Å². The van der Waals surface area contributed by atoms with Crippen LogP contribution in [-0.4, -0.2) is 33.5 Å². The summed E-state index contributed by atoms with van der Waals surface area (Å²) in [7, 11) is -1.50. The fourth-order valence-electron chi connectivity index (χ4n) is 1.17. The van der Waals surface area contributed by atoms with E-state index < -0.39 is 10.0 Å². The highest BCUT2D eigenvalue weighted by Crippen LogP contribution is 2.20. The number of thiophene rings is 1. The molecule has 0 fully saturated rings. The Morgan fingerprint density at radius 2 is 2.24 bits per heavy atom. The molecule has 2 N–H and O–H groups in total. The molecule has 1 aromatic rings. The van der Waals surface area contributed by atoms with Crippen LogP contribution in [0.3, 0.4) is 0 Å².